The lowest BCUT2D eigenvalue weighted by atomic mass is 9.99. The summed E-state index contributed by atoms with van der Waals surface area (Å²) in [5.41, 5.74) is 1.88. The van der Waals surface area contributed by atoms with Gasteiger partial charge in [0.1, 0.15) is 17.6 Å². The van der Waals surface area contributed by atoms with Crippen molar-refractivity contribution in [3.8, 4) is 0 Å². The molecule has 166 valence electrons. The van der Waals surface area contributed by atoms with Crippen LogP contribution in [0.25, 0.3) is 0 Å². The van der Waals surface area contributed by atoms with E-state index in [1.807, 2.05) is 42.5 Å². The predicted molar refractivity (Wildman–Crippen MR) is 116 cm³/mol. The number of nitrogens with one attached hydrogen (secondary N) is 2. The van der Waals surface area contributed by atoms with Crippen molar-refractivity contribution in [1.29, 1.82) is 0 Å². The van der Waals surface area contributed by atoms with Gasteiger partial charge in [-0.3, -0.25) is 4.90 Å². The van der Waals surface area contributed by atoms with Gasteiger partial charge in [0.2, 0.25) is 0 Å². The van der Waals surface area contributed by atoms with E-state index >= 15 is 0 Å². The Kier molecular flexibility index (Phi) is 6.72. The second-order valence-electron chi connectivity index (χ2n) is 7.37. The molecule has 1 unspecified atom stereocenters. The van der Waals surface area contributed by atoms with Gasteiger partial charge in [0, 0.05) is 18.8 Å². The molecular weight excluding hydrogens is 410 g/mol. The number of amides is 2. The zero-order valence-electron chi connectivity index (χ0n) is 17.7. The molecule has 0 saturated heterocycles. The fourth-order valence-electron chi connectivity index (χ4n) is 3.72. The van der Waals surface area contributed by atoms with E-state index in [4.69, 9.17) is 13.6 Å². The summed E-state index contributed by atoms with van der Waals surface area (Å²) in [5.74, 6) is 0.733. The standard InChI is InChI=1S/C24H25N3O5/c1-2-30-23(28)21-19(25-24(29)26-22(21)20-11-7-13-32-20)16-27(15-18-10-6-12-31-18)14-17-8-4-3-5-9-17/h3-13,22H,2,14-16H2,1H3,(H2,25,26,29). The van der Waals surface area contributed by atoms with Crippen LogP contribution >= 0.6 is 0 Å². The Morgan fingerprint density at radius 3 is 2.47 bits per heavy atom. The molecule has 3 heterocycles. The molecule has 4 rings (SSSR count). The molecule has 1 aliphatic rings. The molecule has 2 aromatic heterocycles. The number of ether oxygens (including phenoxy) is 1. The topological polar surface area (TPSA) is 97.0 Å². The third-order valence-corrected chi connectivity index (χ3v) is 5.07. The lowest BCUT2D eigenvalue weighted by Crippen LogP contribution is -2.48. The molecule has 1 aromatic carbocycles. The van der Waals surface area contributed by atoms with Gasteiger partial charge < -0.3 is 24.2 Å². The number of urea groups is 1. The van der Waals surface area contributed by atoms with Gasteiger partial charge in [-0.25, -0.2) is 9.59 Å². The van der Waals surface area contributed by atoms with E-state index in [0.29, 0.717) is 36.7 Å². The lowest BCUT2D eigenvalue weighted by Gasteiger charge is -2.31. The number of carbonyl (C=O) groups excluding carboxylic acids is 2. The lowest BCUT2D eigenvalue weighted by molar-refractivity contribution is -0.139. The minimum atomic E-state index is -0.741. The average Bonchev–Trinajstić information content (AvgIpc) is 3.48. The summed E-state index contributed by atoms with van der Waals surface area (Å²) in [4.78, 5) is 27.5. The Bertz CT molecular complexity index is 1060. The maximum absolute atomic E-state index is 12.9. The number of hydrogen-bond acceptors (Lipinski definition) is 6. The van der Waals surface area contributed by atoms with E-state index in [1.54, 1.807) is 25.3 Å². The molecule has 1 aliphatic heterocycles. The molecular formula is C24H25N3O5. The number of nitrogens with zero attached hydrogens (tertiary/aromatic N) is 1. The van der Waals surface area contributed by atoms with Gasteiger partial charge in [-0.15, -0.1) is 0 Å². The van der Waals surface area contributed by atoms with E-state index in [1.165, 1.54) is 6.26 Å². The van der Waals surface area contributed by atoms with Crippen molar-refractivity contribution in [3.63, 3.8) is 0 Å². The summed E-state index contributed by atoms with van der Waals surface area (Å²) in [6, 6.07) is 16.0. The number of furan rings is 2. The van der Waals surface area contributed by atoms with E-state index < -0.39 is 18.0 Å². The van der Waals surface area contributed by atoms with Crippen LogP contribution < -0.4 is 10.6 Å². The molecule has 0 spiro atoms. The molecule has 0 saturated carbocycles. The second-order valence-corrected chi connectivity index (χ2v) is 7.37. The van der Waals surface area contributed by atoms with Crippen LogP contribution in [-0.2, 0) is 22.6 Å². The van der Waals surface area contributed by atoms with Gasteiger partial charge in [0.25, 0.3) is 0 Å². The summed E-state index contributed by atoms with van der Waals surface area (Å²) < 4.78 is 16.4. The molecule has 0 bridgehead atoms. The Labute approximate surface area is 185 Å². The molecule has 32 heavy (non-hydrogen) atoms. The van der Waals surface area contributed by atoms with Crippen molar-refractivity contribution in [2.75, 3.05) is 13.2 Å². The molecule has 3 aromatic rings. The van der Waals surface area contributed by atoms with Crippen molar-refractivity contribution in [1.82, 2.24) is 15.5 Å². The van der Waals surface area contributed by atoms with Crippen LogP contribution in [0.1, 0.15) is 30.0 Å². The van der Waals surface area contributed by atoms with Crippen molar-refractivity contribution in [3.05, 3.63) is 95.5 Å². The van der Waals surface area contributed by atoms with E-state index in [0.717, 1.165) is 11.3 Å². The van der Waals surface area contributed by atoms with Gasteiger partial charge in [-0.2, -0.15) is 0 Å². The van der Waals surface area contributed by atoms with Gasteiger partial charge in [-0.05, 0) is 36.8 Å². The number of hydrogen-bond donors (Lipinski definition) is 2. The van der Waals surface area contributed by atoms with Gasteiger partial charge in [-0.1, -0.05) is 30.3 Å². The molecule has 2 amide bonds. The first-order chi connectivity index (χ1) is 15.6. The Morgan fingerprint density at radius 2 is 1.78 bits per heavy atom. The smallest absolute Gasteiger partial charge is 0.338 e. The fourth-order valence-corrected chi connectivity index (χ4v) is 3.72. The number of carbonyl (C=O) groups is 2. The zero-order chi connectivity index (χ0) is 22.3. The van der Waals surface area contributed by atoms with Crippen molar-refractivity contribution in [2.45, 2.75) is 26.1 Å². The molecule has 2 N–H and O–H groups in total. The number of benzene rings is 1. The third-order valence-electron chi connectivity index (χ3n) is 5.07. The van der Waals surface area contributed by atoms with Crippen molar-refractivity contribution < 1.29 is 23.2 Å². The first-order valence-electron chi connectivity index (χ1n) is 10.4. The molecule has 8 heteroatoms. The Hall–Kier alpha value is -3.78. The monoisotopic (exact) mass is 435 g/mol. The SMILES string of the molecule is CCOC(=O)C1=C(CN(Cc2ccccc2)Cc2ccco2)NC(=O)NC1c1ccco1. The average molecular weight is 435 g/mol. The predicted octanol–water partition coefficient (Wildman–Crippen LogP) is 3.75. The highest BCUT2D eigenvalue weighted by Gasteiger charge is 2.35. The summed E-state index contributed by atoms with van der Waals surface area (Å²) in [7, 11) is 0. The van der Waals surface area contributed by atoms with Crippen LogP contribution in [0.15, 0.2) is 87.2 Å². The molecule has 0 fully saturated rings. The Morgan fingerprint density at radius 1 is 1.00 bits per heavy atom. The number of esters is 1. The quantitative estimate of drug-likeness (QED) is 0.497. The summed E-state index contributed by atoms with van der Waals surface area (Å²) >= 11 is 0. The van der Waals surface area contributed by atoms with Crippen LogP contribution in [0.3, 0.4) is 0 Å². The zero-order valence-corrected chi connectivity index (χ0v) is 17.7. The third kappa shape index (κ3) is 5.09. The van der Waals surface area contributed by atoms with Crippen LogP contribution in [0.5, 0.6) is 0 Å². The maximum Gasteiger partial charge on any atom is 0.338 e. The Balaban J connectivity index is 1.69. The number of rotatable bonds is 9. The van der Waals surface area contributed by atoms with Crippen LogP contribution in [0.2, 0.25) is 0 Å². The van der Waals surface area contributed by atoms with E-state index in [-0.39, 0.29) is 6.61 Å². The minimum Gasteiger partial charge on any atom is -0.468 e. The van der Waals surface area contributed by atoms with Crippen LogP contribution in [-0.4, -0.2) is 30.1 Å². The summed E-state index contributed by atoms with van der Waals surface area (Å²) in [5, 5.41) is 5.58. The highest BCUT2D eigenvalue weighted by molar-refractivity contribution is 5.95. The molecule has 1 atom stereocenters. The first kappa shape index (κ1) is 21.5. The van der Waals surface area contributed by atoms with Gasteiger partial charge in [0.15, 0.2) is 0 Å². The maximum atomic E-state index is 12.9. The second kappa shape index (κ2) is 10.0. The van der Waals surface area contributed by atoms with E-state index in [9.17, 15) is 9.59 Å². The minimum absolute atomic E-state index is 0.217. The molecule has 8 nitrogen and oxygen atoms in total. The van der Waals surface area contributed by atoms with Gasteiger partial charge in [0.05, 0.1) is 31.3 Å². The van der Waals surface area contributed by atoms with Crippen molar-refractivity contribution in [2.24, 2.45) is 0 Å². The molecule has 0 aliphatic carbocycles. The van der Waals surface area contributed by atoms with E-state index in [2.05, 4.69) is 15.5 Å². The fraction of sp³-hybridized carbons (Fsp3) is 0.250. The largest absolute Gasteiger partial charge is 0.468 e. The molecule has 0 radical (unpaired) electrons. The summed E-state index contributed by atoms with van der Waals surface area (Å²) in [6.07, 6.45) is 3.13. The van der Waals surface area contributed by atoms with Crippen molar-refractivity contribution >= 4 is 12.0 Å². The van der Waals surface area contributed by atoms with Crippen LogP contribution in [0, 0.1) is 0 Å². The highest BCUT2D eigenvalue weighted by atomic mass is 16.5. The van der Waals surface area contributed by atoms with Crippen LogP contribution in [0.4, 0.5) is 4.79 Å². The summed E-state index contributed by atoms with van der Waals surface area (Å²) in [6.45, 7) is 3.35. The first-order valence-corrected chi connectivity index (χ1v) is 10.4. The highest BCUT2D eigenvalue weighted by Crippen LogP contribution is 2.29. The normalized spacial score (nSPS) is 16.1. The van der Waals surface area contributed by atoms with Gasteiger partial charge >= 0.3 is 12.0 Å².